The molecule has 0 aromatic heterocycles. The van der Waals surface area contributed by atoms with Crippen LogP contribution >= 0.6 is 0 Å². The monoisotopic (exact) mass is 225 g/mol. The molecule has 0 bridgehead atoms. The van der Waals surface area contributed by atoms with Crippen molar-refractivity contribution in [1.82, 2.24) is 10.2 Å². The van der Waals surface area contributed by atoms with Crippen LogP contribution in [0.15, 0.2) is 0 Å². The lowest BCUT2D eigenvalue weighted by molar-refractivity contribution is -0.139. The summed E-state index contributed by atoms with van der Waals surface area (Å²) >= 11 is 0. The maximum atomic E-state index is 12.1. The Kier molecular flexibility index (Phi) is 3.78. The van der Waals surface area contributed by atoms with E-state index < -0.39 is 18.8 Å². The van der Waals surface area contributed by atoms with Crippen molar-refractivity contribution in [2.75, 3.05) is 19.6 Å². The van der Waals surface area contributed by atoms with Crippen LogP contribution in [0.1, 0.15) is 12.8 Å². The van der Waals surface area contributed by atoms with Gasteiger partial charge in [0.25, 0.3) is 0 Å². The number of alkyl halides is 3. The molecule has 1 saturated carbocycles. The standard InChI is InChI=1S/C8H14F3N3O/c9-8(10,11)5-14(4-3-12)7(15)13-6-1-2-6/h6H,1-5,12H2,(H,13,15). The summed E-state index contributed by atoms with van der Waals surface area (Å²) in [5, 5.41) is 2.49. The molecular formula is C8H14F3N3O. The van der Waals surface area contributed by atoms with E-state index in [1.165, 1.54) is 0 Å². The molecule has 0 aromatic rings. The van der Waals surface area contributed by atoms with Gasteiger partial charge >= 0.3 is 12.2 Å². The first-order valence-corrected chi connectivity index (χ1v) is 4.74. The fraction of sp³-hybridized carbons (Fsp3) is 0.875. The number of nitrogens with one attached hydrogen (secondary N) is 1. The van der Waals surface area contributed by atoms with Crippen molar-refractivity contribution >= 4 is 6.03 Å². The lowest BCUT2D eigenvalue weighted by atomic mass is 10.4. The van der Waals surface area contributed by atoms with Gasteiger partial charge in [-0.2, -0.15) is 13.2 Å². The number of hydrogen-bond donors (Lipinski definition) is 2. The summed E-state index contributed by atoms with van der Waals surface area (Å²) in [6.07, 6.45) is -2.70. The van der Waals surface area contributed by atoms with Crippen LogP contribution in [0.25, 0.3) is 0 Å². The van der Waals surface area contributed by atoms with Crippen molar-refractivity contribution in [3.05, 3.63) is 0 Å². The number of carbonyl (C=O) groups is 1. The fourth-order valence-electron chi connectivity index (χ4n) is 1.12. The highest BCUT2D eigenvalue weighted by molar-refractivity contribution is 5.74. The predicted molar refractivity (Wildman–Crippen MR) is 48.2 cm³/mol. The Balaban J connectivity index is 2.43. The van der Waals surface area contributed by atoms with Crippen LogP contribution in [-0.4, -0.2) is 42.8 Å². The molecule has 1 aliphatic carbocycles. The van der Waals surface area contributed by atoms with Crippen LogP contribution in [0, 0.1) is 0 Å². The van der Waals surface area contributed by atoms with Crippen molar-refractivity contribution in [3.63, 3.8) is 0 Å². The van der Waals surface area contributed by atoms with Crippen LogP contribution in [0.3, 0.4) is 0 Å². The van der Waals surface area contributed by atoms with Gasteiger partial charge in [-0.3, -0.25) is 0 Å². The van der Waals surface area contributed by atoms with Gasteiger partial charge in [-0.1, -0.05) is 0 Å². The number of nitrogens with two attached hydrogens (primary N) is 1. The smallest absolute Gasteiger partial charge is 0.335 e. The number of carbonyl (C=O) groups excluding carboxylic acids is 1. The zero-order valence-electron chi connectivity index (χ0n) is 8.18. The van der Waals surface area contributed by atoms with Crippen molar-refractivity contribution in [3.8, 4) is 0 Å². The Labute approximate surface area is 85.6 Å². The van der Waals surface area contributed by atoms with Gasteiger partial charge in [0.1, 0.15) is 6.54 Å². The highest BCUT2D eigenvalue weighted by Gasteiger charge is 2.34. The van der Waals surface area contributed by atoms with E-state index in [-0.39, 0.29) is 19.1 Å². The van der Waals surface area contributed by atoms with Gasteiger partial charge in [-0.05, 0) is 12.8 Å². The number of halogens is 3. The van der Waals surface area contributed by atoms with E-state index in [4.69, 9.17) is 5.73 Å². The van der Waals surface area contributed by atoms with Crippen molar-refractivity contribution in [2.24, 2.45) is 5.73 Å². The summed E-state index contributed by atoms with van der Waals surface area (Å²) in [4.78, 5) is 12.0. The first-order chi connectivity index (χ1) is 6.92. The van der Waals surface area contributed by atoms with E-state index in [0.717, 1.165) is 12.8 Å². The fourth-order valence-corrected chi connectivity index (χ4v) is 1.12. The first kappa shape index (κ1) is 12.1. The molecule has 7 heteroatoms. The molecule has 0 aromatic carbocycles. The lowest BCUT2D eigenvalue weighted by Crippen LogP contribution is -2.47. The predicted octanol–water partition coefficient (Wildman–Crippen LogP) is 0.681. The topological polar surface area (TPSA) is 58.4 Å². The van der Waals surface area contributed by atoms with Crippen LogP contribution in [0.4, 0.5) is 18.0 Å². The largest absolute Gasteiger partial charge is 0.406 e. The molecule has 0 spiro atoms. The molecule has 0 heterocycles. The van der Waals surface area contributed by atoms with Crippen LogP contribution < -0.4 is 11.1 Å². The molecule has 1 fully saturated rings. The van der Waals surface area contributed by atoms with Crippen LogP contribution in [0.5, 0.6) is 0 Å². The third-order valence-electron chi connectivity index (χ3n) is 1.96. The normalized spacial score (nSPS) is 16.3. The number of rotatable bonds is 4. The maximum absolute atomic E-state index is 12.1. The second kappa shape index (κ2) is 4.69. The lowest BCUT2D eigenvalue weighted by Gasteiger charge is -2.23. The Bertz CT molecular complexity index is 228. The molecule has 4 nitrogen and oxygen atoms in total. The van der Waals surface area contributed by atoms with E-state index in [2.05, 4.69) is 5.32 Å². The molecule has 1 aliphatic rings. The highest BCUT2D eigenvalue weighted by atomic mass is 19.4. The van der Waals surface area contributed by atoms with Gasteiger partial charge in [0.15, 0.2) is 0 Å². The number of amides is 2. The van der Waals surface area contributed by atoms with Crippen molar-refractivity contribution in [1.29, 1.82) is 0 Å². The second-order valence-corrected chi connectivity index (χ2v) is 3.55. The zero-order chi connectivity index (χ0) is 11.5. The Morgan fingerprint density at radius 1 is 1.47 bits per heavy atom. The summed E-state index contributed by atoms with van der Waals surface area (Å²) in [7, 11) is 0. The van der Waals surface area contributed by atoms with E-state index in [9.17, 15) is 18.0 Å². The third kappa shape index (κ3) is 4.87. The van der Waals surface area contributed by atoms with Gasteiger partial charge in [-0.15, -0.1) is 0 Å². The quantitative estimate of drug-likeness (QED) is 0.739. The maximum Gasteiger partial charge on any atom is 0.406 e. The number of nitrogens with zero attached hydrogens (tertiary/aromatic N) is 1. The zero-order valence-corrected chi connectivity index (χ0v) is 8.18. The van der Waals surface area contributed by atoms with Crippen LogP contribution in [0.2, 0.25) is 0 Å². The van der Waals surface area contributed by atoms with Gasteiger partial charge in [-0.25, -0.2) is 4.79 Å². The molecule has 2 amide bonds. The van der Waals surface area contributed by atoms with Gasteiger partial charge in [0.2, 0.25) is 0 Å². The molecule has 3 N–H and O–H groups in total. The molecule has 1 rings (SSSR count). The number of urea groups is 1. The average molecular weight is 225 g/mol. The number of hydrogen-bond acceptors (Lipinski definition) is 2. The van der Waals surface area contributed by atoms with Crippen LogP contribution in [-0.2, 0) is 0 Å². The minimum Gasteiger partial charge on any atom is -0.335 e. The molecule has 0 radical (unpaired) electrons. The van der Waals surface area contributed by atoms with E-state index in [1.807, 2.05) is 0 Å². The molecule has 0 saturated heterocycles. The molecule has 88 valence electrons. The molecular weight excluding hydrogens is 211 g/mol. The van der Waals surface area contributed by atoms with Gasteiger partial charge < -0.3 is 16.0 Å². The van der Waals surface area contributed by atoms with E-state index in [1.54, 1.807) is 0 Å². The van der Waals surface area contributed by atoms with E-state index >= 15 is 0 Å². The molecule has 0 atom stereocenters. The minimum atomic E-state index is -4.38. The summed E-state index contributed by atoms with van der Waals surface area (Å²) in [5.74, 6) is 0. The molecule has 15 heavy (non-hydrogen) atoms. The molecule has 0 aliphatic heterocycles. The van der Waals surface area contributed by atoms with Gasteiger partial charge in [0, 0.05) is 19.1 Å². The Morgan fingerprint density at radius 2 is 2.07 bits per heavy atom. The first-order valence-electron chi connectivity index (χ1n) is 4.74. The van der Waals surface area contributed by atoms with Gasteiger partial charge in [0.05, 0.1) is 0 Å². The Hall–Kier alpha value is -0.980. The van der Waals surface area contributed by atoms with Crippen molar-refractivity contribution < 1.29 is 18.0 Å². The summed E-state index contributed by atoms with van der Waals surface area (Å²) in [6, 6.07) is -0.633. The SMILES string of the molecule is NCCN(CC(F)(F)F)C(=O)NC1CC1. The minimum absolute atomic E-state index is 0.0220. The summed E-state index contributed by atoms with van der Waals surface area (Å²) in [6.45, 7) is -1.31. The summed E-state index contributed by atoms with van der Waals surface area (Å²) in [5.41, 5.74) is 5.14. The van der Waals surface area contributed by atoms with E-state index in [0.29, 0.717) is 4.90 Å². The summed E-state index contributed by atoms with van der Waals surface area (Å²) < 4.78 is 36.2. The second-order valence-electron chi connectivity index (χ2n) is 3.55. The highest BCUT2D eigenvalue weighted by Crippen LogP contribution is 2.20. The average Bonchev–Trinajstić information content (AvgIpc) is 2.85. The van der Waals surface area contributed by atoms with Crippen molar-refractivity contribution in [2.45, 2.75) is 25.1 Å². The third-order valence-corrected chi connectivity index (χ3v) is 1.96. The molecule has 0 unspecified atom stereocenters. The Morgan fingerprint density at radius 3 is 2.47 bits per heavy atom.